The lowest BCUT2D eigenvalue weighted by Gasteiger charge is -2.33. The SMILES string of the molecule is N#CC1(CN2NC(c3ccccc3)=CC2c2ccccc2)C=CC=CC1. The number of nitrogens with zero attached hydrogens (tertiary/aromatic N) is 2. The zero-order valence-corrected chi connectivity index (χ0v) is 14.5. The lowest BCUT2D eigenvalue weighted by atomic mass is 9.82. The van der Waals surface area contributed by atoms with E-state index in [4.69, 9.17) is 0 Å². The van der Waals surface area contributed by atoms with Gasteiger partial charge in [0.05, 0.1) is 23.2 Å². The van der Waals surface area contributed by atoms with E-state index >= 15 is 0 Å². The van der Waals surface area contributed by atoms with Crippen LogP contribution in [0.1, 0.15) is 23.6 Å². The molecule has 0 radical (unpaired) electrons. The first kappa shape index (κ1) is 16.4. The molecule has 2 aliphatic rings. The molecule has 1 N–H and O–H groups in total. The first-order valence-electron chi connectivity index (χ1n) is 8.91. The van der Waals surface area contributed by atoms with E-state index in [0.717, 1.165) is 17.7 Å². The molecule has 2 aromatic rings. The highest BCUT2D eigenvalue weighted by Gasteiger charge is 2.35. The Morgan fingerprint density at radius 1 is 1.04 bits per heavy atom. The lowest BCUT2D eigenvalue weighted by molar-refractivity contribution is 0.161. The molecule has 0 spiro atoms. The van der Waals surface area contributed by atoms with Crippen LogP contribution in [0.3, 0.4) is 0 Å². The number of benzene rings is 2. The zero-order valence-electron chi connectivity index (χ0n) is 14.5. The summed E-state index contributed by atoms with van der Waals surface area (Å²) >= 11 is 0. The minimum absolute atomic E-state index is 0.0935. The first-order valence-corrected chi connectivity index (χ1v) is 8.91. The summed E-state index contributed by atoms with van der Waals surface area (Å²) in [6, 6.07) is 23.4. The number of hydrogen-bond acceptors (Lipinski definition) is 3. The Bertz CT molecular complexity index is 890. The van der Waals surface area contributed by atoms with Crippen molar-refractivity contribution in [3.8, 4) is 6.07 Å². The Kier molecular flexibility index (Phi) is 4.43. The molecule has 1 aliphatic heterocycles. The van der Waals surface area contributed by atoms with Crippen molar-refractivity contribution in [3.05, 3.63) is 102 Å². The van der Waals surface area contributed by atoms with Gasteiger partial charge in [-0.25, -0.2) is 5.01 Å². The monoisotopic (exact) mass is 339 g/mol. The minimum Gasteiger partial charge on any atom is -0.318 e. The van der Waals surface area contributed by atoms with Gasteiger partial charge in [0.25, 0.3) is 0 Å². The van der Waals surface area contributed by atoms with Gasteiger partial charge in [-0.1, -0.05) is 85.0 Å². The Balaban J connectivity index is 1.66. The van der Waals surface area contributed by atoms with Crippen LogP contribution >= 0.6 is 0 Å². The van der Waals surface area contributed by atoms with Gasteiger partial charge in [-0.05, 0) is 23.6 Å². The van der Waals surface area contributed by atoms with E-state index < -0.39 is 5.41 Å². The topological polar surface area (TPSA) is 39.1 Å². The van der Waals surface area contributed by atoms with Crippen LogP contribution in [0.25, 0.3) is 5.70 Å². The Hall–Kier alpha value is -3.09. The molecule has 2 atom stereocenters. The van der Waals surface area contributed by atoms with Crippen molar-refractivity contribution in [2.24, 2.45) is 5.41 Å². The molecule has 26 heavy (non-hydrogen) atoms. The number of hydrogen-bond donors (Lipinski definition) is 1. The van der Waals surface area contributed by atoms with Crippen LogP contribution in [0.4, 0.5) is 0 Å². The smallest absolute Gasteiger partial charge is 0.0936 e. The second kappa shape index (κ2) is 7.03. The summed E-state index contributed by atoms with van der Waals surface area (Å²) in [5, 5.41) is 12.0. The van der Waals surface area contributed by atoms with Gasteiger partial charge in [-0.2, -0.15) is 5.26 Å². The van der Waals surface area contributed by atoms with E-state index in [1.165, 1.54) is 5.56 Å². The van der Waals surface area contributed by atoms with Crippen LogP contribution in [0.15, 0.2) is 91.0 Å². The van der Waals surface area contributed by atoms with E-state index in [0.29, 0.717) is 6.54 Å². The maximum Gasteiger partial charge on any atom is 0.0936 e. The average molecular weight is 339 g/mol. The second-order valence-corrected chi connectivity index (χ2v) is 6.80. The molecule has 3 heteroatoms. The number of rotatable bonds is 4. The molecule has 0 amide bonds. The zero-order chi connectivity index (χ0) is 17.8. The fourth-order valence-corrected chi connectivity index (χ4v) is 3.56. The van der Waals surface area contributed by atoms with Gasteiger partial charge in [0.1, 0.15) is 0 Å². The van der Waals surface area contributed by atoms with Crippen LogP contribution in [0.5, 0.6) is 0 Å². The van der Waals surface area contributed by atoms with Gasteiger partial charge in [-0.15, -0.1) is 0 Å². The number of nitriles is 1. The van der Waals surface area contributed by atoms with Crippen LogP contribution in [0.2, 0.25) is 0 Å². The summed E-state index contributed by atoms with van der Waals surface area (Å²) in [6.45, 7) is 0.622. The third-order valence-electron chi connectivity index (χ3n) is 4.97. The van der Waals surface area contributed by atoms with E-state index in [1.54, 1.807) is 0 Å². The summed E-state index contributed by atoms with van der Waals surface area (Å²) in [4.78, 5) is 0. The van der Waals surface area contributed by atoms with E-state index in [1.807, 2.05) is 42.5 Å². The second-order valence-electron chi connectivity index (χ2n) is 6.80. The fraction of sp³-hybridized carbons (Fsp3) is 0.174. The maximum absolute atomic E-state index is 9.84. The maximum atomic E-state index is 9.84. The highest BCUT2D eigenvalue weighted by molar-refractivity contribution is 5.66. The molecular formula is C23H21N3. The molecule has 1 heterocycles. The number of hydrazine groups is 1. The highest BCUT2D eigenvalue weighted by atomic mass is 15.5. The third-order valence-corrected chi connectivity index (χ3v) is 4.97. The summed E-state index contributed by atoms with van der Waals surface area (Å²) in [6.07, 6.45) is 11.1. The van der Waals surface area contributed by atoms with E-state index in [2.05, 4.69) is 65.1 Å². The summed E-state index contributed by atoms with van der Waals surface area (Å²) in [5.41, 5.74) is 6.50. The quantitative estimate of drug-likeness (QED) is 0.884. The molecule has 0 saturated carbocycles. The molecule has 0 saturated heterocycles. The molecule has 2 unspecified atom stereocenters. The van der Waals surface area contributed by atoms with Crippen LogP contribution < -0.4 is 5.43 Å². The average Bonchev–Trinajstić information content (AvgIpc) is 3.13. The van der Waals surface area contributed by atoms with Gasteiger partial charge in [0, 0.05) is 6.54 Å². The first-order chi connectivity index (χ1) is 12.8. The Morgan fingerprint density at radius 2 is 1.77 bits per heavy atom. The molecule has 1 aliphatic carbocycles. The van der Waals surface area contributed by atoms with Crippen molar-refractivity contribution < 1.29 is 0 Å². The van der Waals surface area contributed by atoms with Crippen molar-refractivity contribution in [3.63, 3.8) is 0 Å². The molecule has 128 valence electrons. The van der Waals surface area contributed by atoms with Crippen molar-refractivity contribution in [2.75, 3.05) is 6.54 Å². The molecule has 4 rings (SSSR count). The summed E-state index contributed by atoms with van der Waals surface area (Å²) < 4.78 is 0. The van der Waals surface area contributed by atoms with E-state index in [-0.39, 0.29) is 6.04 Å². The van der Waals surface area contributed by atoms with Gasteiger partial charge >= 0.3 is 0 Å². The normalized spacial score (nSPS) is 24.7. The summed E-state index contributed by atoms with van der Waals surface area (Å²) in [5.74, 6) is 0. The highest BCUT2D eigenvalue weighted by Crippen LogP contribution is 2.36. The predicted molar refractivity (Wildman–Crippen MR) is 104 cm³/mol. The minimum atomic E-state index is -0.505. The predicted octanol–water partition coefficient (Wildman–Crippen LogP) is 4.62. The number of allylic oxidation sites excluding steroid dienone is 3. The molecule has 2 aromatic carbocycles. The number of nitrogens with one attached hydrogen (secondary N) is 1. The van der Waals surface area contributed by atoms with E-state index in [9.17, 15) is 5.26 Å². The van der Waals surface area contributed by atoms with Crippen LogP contribution in [-0.4, -0.2) is 11.6 Å². The lowest BCUT2D eigenvalue weighted by Crippen LogP contribution is -2.42. The molecule has 3 nitrogen and oxygen atoms in total. The summed E-state index contributed by atoms with van der Waals surface area (Å²) in [7, 11) is 0. The van der Waals surface area contributed by atoms with Crippen LogP contribution in [-0.2, 0) is 0 Å². The Morgan fingerprint density at radius 3 is 2.42 bits per heavy atom. The van der Waals surface area contributed by atoms with Crippen molar-refractivity contribution in [2.45, 2.75) is 12.5 Å². The molecule has 0 aromatic heterocycles. The molecule has 0 bridgehead atoms. The standard InChI is InChI=1S/C23H21N3/c24-17-23(14-8-3-9-15-23)18-26-22(20-12-6-2-7-13-20)16-21(25-26)19-10-4-1-5-11-19/h1-14,16,22,25H,15,18H2. The fourth-order valence-electron chi connectivity index (χ4n) is 3.56. The largest absolute Gasteiger partial charge is 0.318 e. The third kappa shape index (κ3) is 3.20. The molecule has 0 fully saturated rings. The van der Waals surface area contributed by atoms with Gasteiger partial charge in [-0.3, -0.25) is 0 Å². The van der Waals surface area contributed by atoms with Crippen molar-refractivity contribution in [1.82, 2.24) is 10.4 Å². The Labute approximate surface area is 154 Å². The van der Waals surface area contributed by atoms with Gasteiger partial charge in [0.15, 0.2) is 0 Å². The van der Waals surface area contributed by atoms with Gasteiger partial charge < -0.3 is 5.43 Å². The van der Waals surface area contributed by atoms with Crippen molar-refractivity contribution in [1.29, 1.82) is 5.26 Å². The van der Waals surface area contributed by atoms with Crippen molar-refractivity contribution >= 4 is 5.70 Å². The van der Waals surface area contributed by atoms with Gasteiger partial charge in [0.2, 0.25) is 0 Å². The molecular weight excluding hydrogens is 318 g/mol. The van der Waals surface area contributed by atoms with Crippen LogP contribution in [0, 0.1) is 16.7 Å².